The van der Waals surface area contributed by atoms with Crippen LogP contribution in [0.2, 0.25) is 0 Å². The van der Waals surface area contributed by atoms with Crippen molar-refractivity contribution in [2.24, 2.45) is 11.8 Å². The van der Waals surface area contributed by atoms with E-state index in [0.29, 0.717) is 5.85 Å². The highest BCUT2D eigenvalue weighted by molar-refractivity contribution is 7.66. The van der Waals surface area contributed by atoms with Crippen LogP contribution >= 0.6 is 7.92 Å². The van der Waals surface area contributed by atoms with Crippen molar-refractivity contribution in [3.63, 3.8) is 0 Å². The number of ether oxygens (including phenoxy) is 1. The summed E-state index contributed by atoms with van der Waals surface area (Å²) in [5.74, 6) is 2.05. The molecule has 0 aliphatic carbocycles. The van der Waals surface area contributed by atoms with Gasteiger partial charge in [0.1, 0.15) is 11.4 Å². The molecule has 1 aromatic carbocycles. The van der Waals surface area contributed by atoms with Crippen LogP contribution in [0.3, 0.4) is 0 Å². The van der Waals surface area contributed by atoms with Gasteiger partial charge in [0, 0.05) is 0 Å². The largest absolute Gasteiger partial charge is 0.361 e. The Kier molecular flexibility index (Phi) is 3.24. The molecule has 1 nitrogen and oxygen atoms in total. The zero-order chi connectivity index (χ0) is 12.8. The SMILES string of the molecule is CCC(C(C)C)C12CCP(c3ccccc3)C1O2. The van der Waals surface area contributed by atoms with Crippen molar-refractivity contribution in [2.75, 3.05) is 6.16 Å². The standard InChI is InChI=1S/C16H23OP/c1-4-14(12(2)3)16-10-11-18(15(16)17-16)13-8-6-5-7-9-13/h5-9,12,14-15H,4,10-11H2,1-3H3. The van der Waals surface area contributed by atoms with Crippen molar-refractivity contribution in [1.82, 2.24) is 0 Å². The molecule has 0 radical (unpaired) electrons. The lowest BCUT2D eigenvalue weighted by Gasteiger charge is -2.24. The second-order valence-electron chi connectivity index (χ2n) is 5.96. The molecular formula is C16H23OP. The van der Waals surface area contributed by atoms with Gasteiger partial charge in [-0.1, -0.05) is 57.5 Å². The van der Waals surface area contributed by atoms with Crippen molar-refractivity contribution < 1.29 is 4.74 Å². The Hall–Kier alpha value is -0.390. The van der Waals surface area contributed by atoms with Gasteiger partial charge in [0.25, 0.3) is 0 Å². The van der Waals surface area contributed by atoms with E-state index in [2.05, 4.69) is 51.1 Å². The van der Waals surface area contributed by atoms with Crippen LogP contribution in [0.15, 0.2) is 30.3 Å². The number of fused-ring (bicyclic) bond motifs is 1. The monoisotopic (exact) mass is 262 g/mol. The highest BCUT2D eigenvalue weighted by Crippen LogP contribution is 2.69. The van der Waals surface area contributed by atoms with Gasteiger partial charge in [-0.05, 0) is 37.6 Å². The quantitative estimate of drug-likeness (QED) is 0.590. The smallest absolute Gasteiger partial charge is 0.111 e. The Morgan fingerprint density at radius 2 is 2.06 bits per heavy atom. The lowest BCUT2D eigenvalue weighted by molar-refractivity contribution is 0.163. The molecule has 2 heteroatoms. The first-order valence-corrected chi connectivity index (χ1v) is 8.78. The molecule has 2 aliphatic rings. The van der Waals surface area contributed by atoms with E-state index in [-0.39, 0.29) is 13.5 Å². The van der Waals surface area contributed by atoms with E-state index in [0.717, 1.165) is 11.8 Å². The lowest BCUT2D eigenvalue weighted by atomic mass is 9.80. The van der Waals surface area contributed by atoms with Gasteiger partial charge in [0.05, 0.1) is 0 Å². The van der Waals surface area contributed by atoms with Crippen LogP contribution in [0, 0.1) is 11.8 Å². The van der Waals surface area contributed by atoms with E-state index in [1.165, 1.54) is 24.3 Å². The summed E-state index contributed by atoms with van der Waals surface area (Å²) < 4.78 is 6.25. The van der Waals surface area contributed by atoms with E-state index < -0.39 is 0 Å². The number of benzene rings is 1. The molecule has 4 atom stereocenters. The minimum Gasteiger partial charge on any atom is -0.361 e. The van der Waals surface area contributed by atoms with Crippen molar-refractivity contribution in [3.8, 4) is 0 Å². The Labute approximate surface area is 112 Å². The highest BCUT2D eigenvalue weighted by Gasteiger charge is 2.67. The minimum atomic E-state index is -0.0611. The van der Waals surface area contributed by atoms with Crippen LogP contribution < -0.4 is 5.30 Å². The van der Waals surface area contributed by atoms with Crippen LogP contribution in [-0.2, 0) is 4.74 Å². The van der Waals surface area contributed by atoms with Crippen LogP contribution in [-0.4, -0.2) is 17.6 Å². The maximum absolute atomic E-state index is 6.25. The van der Waals surface area contributed by atoms with Crippen molar-refractivity contribution >= 4 is 13.2 Å². The molecule has 0 spiro atoms. The summed E-state index contributed by atoms with van der Waals surface area (Å²) in [5.41, 5.74) is 0.254. The molecule has 0 aromatic heterocycles. The van der Waals surface area contributed by atoms with Gasteiger partial charge in [-0.15, -0.1) is 0 Å². The Balaban J connectivity index is 1.79. The van der Waals surface area contributed by atoms with Crippen molar-refractivity contribution in [1.29, 1.82) is 0 Å². The summed E-state index contributed by atoms with van der Waals surface area (Å²) in [6.45, 7) is 7.02. The first-order chi connectivity index (χ1) is 8.69. The third-order valence-electron chi connectivity index (χ3n) is 4.68. The van der Waals surface area contributed by atoms with Crippen LogP contribution in [0.25, 0.3) is 0 Å². The van der Waals surface area contributed by atoms with E-state index in [1.807, 2.05) is 0 Å². The predicted molar refractivity (Wildman–Crippen MR) is 78.7 cm³/mol. The molecule has 2 fully saturated rings. The normalized spacial score (nSPS) is 35.6. The average Bonchev–Trinajstić information content (AvgIpc) is 2.97. The lowest BCUT2D eigenvalue weighted by Crippen LogP contribution is -2.28. The van der Waals surface area contributed by atoms with Gasteiger partial charge in [-0.3, -0.25) is 0 Å². The maximum atomic E-state index is 6.25. The number of epoxide rings is 1. The van der Waals surface area contributed by atoms with E-state index >= 15 is 0 Å². The van der Waals surface area contributed by atoms with E-state index in [1.54, 1.807) is 0 Å². The molecule has 0 amide bonds. The fourth-order valence-corrected chi connectivity index (χ4v) is 6.90. The Morgan fingerprint density at radius 3 is 2.61 bits per heavy atom. The fraction of sp³-hybridized carbons (Fsp3) is 0.625. The van der Waals surface area contributed by atoms with Crippen LogP contribution in [0.4, 0.5) is 0 Å². The summed E-state index contributed by atoms with van der Waals surface area (Å²) >= 11 is 0. The fourth-order valence-electron chi connectivity index (χ4n) is 3.82. The van der Waals surface area contributed by atoms with Crippen molar-refractivity contribution in [3.05, 3.63) is 30.3 Å². The second-order valence-corrected chi connectivity index (χ2v) is 8.34. The number of rotatable bonds is 4. The van der Waals surface area contributed by atoms with Gasteiger partial charge in [0.15, 0.2) is 0 Å². The average molecular weight is 262 g/mol. The molecule has 98 valence electrons. The van der Waals surface area contributed by atoms with Gasteiger partial charge in [-0.2, -0.15) is 0 Å². The summed E-state index contributed by atoms with van der Waals surface area (Å²) in [6, 6.07) is 11.0. The molecular weight excluding hydrogens is 239 g/mol. The van der Waals surface area contributed by atoms with E-state index in [4.69, 9.17) is 4.74 Å². The third kappa shape index (κ3) is 1.84. The summed E-state index contributed by atoms with van der Waals surface area (Å²) in [5, 5.41) is 1.54. The minimum absolute atomic E-state index is 0.0611. The molecule has 4 unspecified atom stereocenters. The van der Waals surface area contributed by atoms with Gasteiger partial charge >= 0.3 is 0 Å². The van der Waals surface area contributed by atoms with Gasteiger partial charge in [0.2, 0.25) is 0 Å². The van der Waals surface area contributed by atoms with Crippen LogP contribution in [0.5, 0.6) is 0 Å². The first-order valence-electron chi connectivity index (χ1n) is 7.18. The maximum Gasteiger partial charge on any atom is 0.111 e. The molecule has 3 rings (SSSR count). The number of hydrogen-bond acceptors (Lipinski definition) is 1. The second kappa shape index (κ2) is 4.62. The van der Waals surface area contributed by atoms with Crippen LogP contribution in [0.1, 0.15) is 33.6 Å². The first kappa shape index (κ1) is 12.6. The third-order valence-corrected chi connectivity index (χ3v) is 7.45. The summed E-state index contributed by atoms with van der Waals surface area (Å²) in [7, 11) is -0.0611. The van der Waals surface area contributed by atoms with E-state index in [9.17, 15) is 0 Å². The molecule has 2 saturated heterocycles. The molecule has 18 heavy (non-hydrogen) atoms. The molecule has 0 N–H and O–H groups in total. The molecule has 2 aliphatic heterocycles. The zero-order valence-electron chi connectivity index (χ0n) is 11.6. The molecule has 2 heterocycles. The molecule has 0 saturated carbocycles. The zero-order valence-corrected chi connectivity index (χ0v) is 12.5. The predicted octanol–water partition coefficient (Wildman–Crippen LogP) is 3.97. The Morgan fingerprint density at radius 1 is 1.33 bits per heavy atom. The Bertz CT molecular complexity index is 416. The highest BCUT2D eigenvalue weighted by atomic mass is 31.1. The summed E-state index contributed by atoms with van der Waals surface area (Å²) in [4.78, 5) is 0. The molecule has 0 bridgehead atoms. The van der Waals surface area contributed by atoms with Gasteiger partial charge < -0.3 is 4.74 Å². The van der Waals surface area contributed by atoms with Crippen molar-refractivity contribution in [2.45, 2.75) is 45.1 Å². The van der Waals surface area contributed by atoms with Gasteiger partial charge in [-0.25, -0.2) is 0 Å². The topological polar surface area (TPSA) is 12.5 Å². The number of hydrogen-bond donors (Lipinski definition) is 0. The molecule has 1 aromatic rings. The summed E-state index contributed by atoms with van der Waals surface area (Å²) in [6.07, 6.45) is 3.91.